The standard InChI is InChI=1S/C13H21N5O4Si/c1-23(2,3)22-10-9(20)7(4-19)21-13(10)18-6-17-8-11(14)15-5-16-12(8)18/h5-7,9-10,13,19-20H,4H2,1-3H3,(H2,14,15,16)/t7-,9?,10?,13-/m1/s1. The van der Waals surface area contributed by atoms with Crippen molar-refractivity contribution < 1.29 is 19.4 Å². The van der Waals surface area contributed by atoms with E-state index in [9.17, 15) is 10.2 Å². The summed E-state index contributed by atoms with van der Waals surface area (Å²) in [4.78, 5) is 12.3. The fourth-order valence-electron chi connectivity index (χ4n) is 2.68. The lowest BCUT2D eigenvalue weighted by molar-refractivity contribution is -0.0493. The summed E-state index contributed by atoms with van der Waals surface area (Å²) in [7, 11) is -1.95. The van der Waals surface area contributed by atoms with Crippen LogP contribution >= 0.6 is 0 Å². The molecule has 23 heavy (non-hydrogen) atoms. The highest BCUT2D eigenvalue weighted by Gasteiger charge is 2.47. The molecule has 0 aliphatic carbocycles. The quantitative estimate of drug-likeness (QED) is 0.658. The fraction of sp³-hybridized carbons (Fsp3) is 0.615. The number of nitrogens with two attached hydrogens (primary N) is 1. The Labute approximate surface area is 134 Å². The van der Waals surface area contributed by atoms with Crippen LogP contribution in [0.1, 0.15) is 6.23 Å². The maximum Gasteiger partial charge on any atom is 0.184 e. The van der Waals surface area contributed by atoms with Gasteiger partial charge in [-0.05, 0) is 19.6 Å². The van der Waals surface area contributed by atoms with Crippen molar-refractivity contribution in [1.29, 1.82) is 0 Å². The summed E-state index contributed by atoms with van der Waals surface area (Å²) >= 11 is 0. The average molecular weight is 339 g/mol. The zero-order valence-corrected chi connectivity index (χ0v) is 14.2. The van der Waals surface area contributed by atoms with Gasteiger partial charge in [-0.1, -0.05) is 0 Å². The second-order valence-electron chi connectivity index (χ2n) is 6.52. The lowest BCUT2D eigenvalue weighted by atomic mass is 10.1. The fourth-order valence-corrected chi connectivity index (χ4v) is 3.76. The number of hydrogen-bond acceptors (Lipinski definition) is 8. The lowest BCUT2D eigenvalue weighted by Crippen LogP contribution is -2.42. The van der Waals surface area contributed by atoms with E-state index in [4.69, 9.17) is 14.9 Å². The van der Waals surface area contributed by atoms with Crippen LogP contribution in [-0.2, 0) is 9.16 Å². The van der Waals surface area contributed by atoms with Crippen molar-refractivity contribution in [1.82, 2.24) is 19.5 Å². The number of rotatable bonds is 4. The van der Waals surface area contributed by atoms with Crippen LogP contribution in [0.4, 0.5) is 5.82 Å². The van der Waals surface area contributed by atoms with Crippen LogP contribution < -0.4 is 5.73 Å². The molecule has 2 aromatic heterocycles. The third kappa shape index (κ3) is 2.95. The third-order valence-corrected chi connectivity index (χ3v) is 4.62. The van der Waals surface area contributed by atoms with E-state index in [-0.39, 0.29) is 12.4 Å². The number of aliphatic hydroxyl groups is 2. The molecule has 4 N–H and O–H groups in total. The molecule has 0 spiro atoms. The number of fused-ring (bicyclic) bond motifs is 1. The normalized spacial score (nSPS) is 28.6. The molecule has 0 bridgehead atoms. The van der Waals surface area contributed by atoms with E-state index >= 15 is 0 Å². The van der Waals surface area contributed by atoms with Gasteiger partial charge in [0.15, 0.2) is 26.0 Å². The molecular formula is C13H21N5O4Si. The number of hydrogen-bond donors (Lipinski definition) is 3. The molecule has 126 valence electrons. The summed E-state index contributed by atoms with van der Waals surface area (Å²) in [5.41, 5.74) is 6.76. The van der Waals surface area contributed by atoms with Crippen molar-refractivity contribution >= 4 is 25.3 Å². The Morgan fingerprint density at radius 1 is 1.35 bits per heavy atom. The number of anilines is 1. The van der Waals surface area contributed by atoms with Crippen LogP contribution in [0, 0.1) is 0 Å². The second-order valence-corrected chi connectivity index (χ2v) is 11.0. The monoisotopic (exact) mass is 339 g/mol. The minimum atomic E-state index is -1.95. The Morgan fingerprint density at radius 3 is 2.74 bits per heavy atom. The van der Waals surface area contributed by atoms with Gasteiger partial charge in [-0.2, -0.15) is 0 Å². The Balaban J connectivity index is 2.02. The maximum atomic E-state index is 10.4. The Morgan fingerprint density at radius 2 is 2.09 bits per heavy atom. The molecule has 10 heteroatoms. The molecule has 0 aromatic carbocycles. The molecule has 2 unspecified atom stereocenters. The molecular weight excluding hydrogens is 318 g/mol. The molecule has 4 atom stereocenters. The van der Waals surface area contributed by atoms with Crippen LogP contribution in [0.5, 0.6) is 0 Å². The van der Waals surface area contributed by atoms with Crippen molar-refractivity contribution in [2.24, 2.45) is 0 Å². The first kappa shape index (κ1) is 16.3. The highest BCUT2D eigenvalue weighted by atomic mass is 28.4. The molecule has 1 saturated heterocycles. The van der Waals surface area contributed by atoms with Crippen LogP contribution in [0.15, 0.2) is 12.7 Å². The van der Waals surface area contributed by atoms with Gasteiger partial charge in [0.2, 0.25) is 0 Å². The van der Waals surface area contributed by atoms with Crippen LogP contribution in [0.25, 0.3) is 11.2 Å². The van der Waals surface area contributed by atoms with Crippen molar-refractivity contribution in [2.45, 2.75) is 44.2 Å². The predicted molar refractivity (Wildman–Crippen MR) is 85.0 cm³/mol. The number of nitrogen functional groups attached to an aromatic ring is 1. The summed E-state index contributed by atoms with van der Waals surface area (Å²) in [6.07, 6.45) is -0.0426. The number of imidazole rings is 1. The van der Waals surface area contributed by atoms with E-state index < -0.39 is 32.9 Å². The van der Waals surface area contributed by atoms with E-state index in [1.165, 1.54) is 12.7 Å². The molecule has 1 aliphatic heterocycles. The summed E-state index contributed by atoms with van der Waals surface area (Å²) < 4.78 is 13.5. The molecule has 2 aromatic rings. The topological polar surface area (TPSA) is 129 Å². The van der Waals surface area contributed by atoms with E-state index in [2.05, 4.69) is 15.0 Å². The first-order valence-electron chi connectivity index (χ1n) is 7.37. The van der Waals surface area contributed by atoms with E-state index in [0.717, 1.165) is 0 Å². The van der Waals surface area contributed by atoms with Crippen molar-refractivity contribution in [2.75, 3.05) is 12.3 Å². The van der Waals surface area contributed by atoms with Crippen LogP contribution in [-0.4, -0.2) is 63.0 Å². The number of ether oxygens (including phenoxy) is 1. The smallest absolute Gasteiger partial charge is 0.184 e. The van der Waals surface area contributed by atoms with Gasteiger partial charge in [0.25, 0.3) is 0 Å². The van der Waals surface area contributed by atoms with Crippen molar-refractivity contribution in [3.05, 3.63) is 12.7 Å². The van der Waals surface area contributed by atoms with Gasteiger partial charge in [0.1, 0.15) is 30.2 Å². The SMILES string of the molecule is C[Si](C)(C)OC1C(O)[C@@H](CO)O[C@H]1n1cnc2c(N)ncnc21. The first-order chi connectivity index (χ1) is 10.8. The molecule has 3 heterocycles. The number of aliphatic hydroxyl groups excluding tert-OH is 2. The average Bonchev–Trinajstić information content (AvgIpc) is 3.01. The van der Waals surface area contributed by atoms with Gasteiger partial charge < -0.3 is 25.1 Å². The number of nitrogens with zero attached hydrogens (tertiary/aromatic N) is 4. The summed E-state index contributed by atoms with van der Waals surface area (Å²) in [6.45, 7) is 5.77. The zero-order chi connectivity index (χ0) is 16.8. The molecule has 1 aliphatic rings. The van der Waals surface area contributed by atoms with Gasteiger partial charge >= 0.3 is 0 Å². The molecule has 3 rings (SSSR count). The zero-order valence-electron chi connectivity index (χ0n) is 13.2. The van der Waals surface area contributed by atoms with Gasteiger partial charge in [0, 0.05) is 0 Å². The summed E-state index contributed by atoms with van der Waals surface area (Å²) in [5.74, 6) is 0.272. The first-order valence-corrected chi connectivity index (χ1v) is 10.8. The number of aromatic nitrogens is 4. The third-order valence-electron chi connectivity index (χ3n) is 3.64. The summed E-state index contributed by atoms with van der Waals surface area (Å²) in [5, 5.41) is 19.9. The van der Waals surface area contributed by atoms with Gasteiger partial charge in [0.05, 0.1) is 12.9 Å². The van der Waals surface area contributed by atoms with Crippen LogP contribution in [0.3, 0.4) is 0 Å². The van der Waals surface area contributed by atoms with Gasteiger partial charge in [-0.15, -0.1) is 0 Å². The molecule has 0 saturated carbocycles. The summed E-state index contributed by atoms with van der Waals surface area (Å²) in [6, 6.07) is 0. The highest BCUT2D eigenvalue weighted by molar-refractivity contribution is 6.69. The Hall–Kier alpha value is -1.59. The molecule has 0 radical (unpaired) electrons. The van der Waals surface area contributed by atoms with Gasteiger partial charge in [-0.25, -0.2) is 15.0 Å². The van der Waals surface area contributed by atoms with Crippen LogP contribution in [0.2, 0.25) is 19.6 Å². The second kappa shape index (κ2) is 5.80. The van der Waals surface area contributed by atoms with Crippen molar-refractivity contribution in [3.8, 4) is 0 Å². The Bertz CT molecular complexity index is 703. The molecule has 1 fully saturated rings. The minimum Gasteiger partial charge on any atom is -0.407 e. The lowest BCUT2D eigenvalue weighted by Gasteiger charge is -2.28. The van der Waals surface area contributed by atoms with E-state index in [1.54, 1.807) is 4.57 Å². The highest BCUT2D eigenvalue weighted by Crippen LogP contribution is 2.35. The van der Waals surface area contributed by atoms with Gasteiger partial charge in [-0.3, -0.25) is 4.57 Å². The van der Waals surface area contributed by atoms with E-state index in [0.29, 0.717) is 11.2 Å². The molecule has 0 amide bonds. The minimum absolute atomic E-state index is 0.272. The largest absolute Gasteiger partial charge is 0.407 e. The maximum absolute atomic E-state index is 10.4. The predicted octanol–water partition coefficient (Wildman–Crippen LogP) is -0.121. The Kier molecular flexibility index (Phi) is 4.10. The molecule has 9 nitrogen and oxygen atoms in total. The van der Waals surface area contributed by atoms with Crippen molar-refractivity contribution in [3.63, 3.8) is 0 Å². The van der Waals surface area contributed by atoms with E-state index in [1.807, 2.05) is 19.6 Å².